The Morgan fingerprint density at radius 1 is 1.17 bits per heavy atom. The third-order valence-corrected chi connectivity index (χ3v) is 6.32. The largest absolute Gasteiger partial charge is 0.493 e. The lowest BCUT2D eigenvalue weighted by atomic mass is 9.54. The van der Waals surface area contributed by atoms with E-state index in [0.29, 0.717) is 30.2 Å². The Bertz CT molecular complexity index is 994. The first kappa shape index (κ1) is 21.4. The van der Waals surface area contributed by atoms with Crippen LogP contribution in [0.25, 0.3) is 0 Å². The number of rotatable bonds is 4. The Balaban J connectivity index is 2.32. The lowest BCUT2D eigenvalue weighted by Gasteiger charge is -2.48. The van der Waals surface area contributed by atoms with E-state index < -0.39 is 17.3 Å². The molecule has 1 unspecified atom stereocenters. The summed E-state index contributed by atoms with van der Waals surface area (Å²) in [4.78, 5) is 2.25. The molecule has 154 valence electrons. The fraction of sp³-hybridized carbons (Fsp3) is 0.478. The summed E-state index contributed by atoms with van der Waals surface area (Å²) in [5.41, 5.74) is -0.481. The van der Waals surface area contributed by atoms with Gasteiger partial charge in [-0.1, -0.05) is 18.2 Å². The second-order valence-corrected chi connectivity index (χ2v) is 7.93. The molecule has 1 aromatic rings. The van der Waals surface area contributed by atoms with Crippen molar-refractivity contribution in [2.75, 3.05) is 27.3 Å². The van der Waals surface area contributed by atoms with E-state index in [1.54, 1.807) is 12.1 Å². The van der Waals surface area contributed by atoms with Crippen LogP contribution in [0.5, 0.6) is 11.5 Å². The summed E-state index contributed by atoms with van der Waals surface area (Å²) in [7, 11) is 3.05. The van der Waals surface area contributed by atoms with Crippen molar-refractivity contribution in [1.82, 2.24) is 4.90 Å². The summed E-state index contributed by atoms with van der Waals surface area (Å²) in [6.45, 7) is 5.44. The molecule has 1 aliphatic carbocycles. The molecule has 0 aromatic heterocycles. The minimum absolute atomic E-state index is 0.162. The quantitative estimate of drug-likeness (QED) is 0.771. The van der Waals surface area contributed by atoms with E-state index in [2.05, 4.69) is 37.0 Å². The first-order chi connectivity index (χ1) is 14.4. The van der Waals surface area contributed by atoms with Crippen molar-refractivity contribution >= 4 is 5.71 Å². The van der Waals surface area contributed by atoms with Crippen molar-refractivity contribution in [3.63, 3.8) is 0 Å². The molecule has 0 saturated heterocycles. The van der Waals surface area contributed by atoms with Gasteiger partial charge >= 0.3 is 0 Å². The first-order valence-corrected chi connectivity index (χ1v) is 9.86. The van der Waals surface area contributed by atoms with E-state index in [0.717, 1.165) is 5.57 Å². The van der Waals surface area contributed by atoms with Crippen molar-refractivity contribution in [3.05, 3.63) is 35.4 Å². The van der Waals surface area contributed by atoms with Gasteiger partial charge in [-0.05, 0) is 25.5 Å². The minimum atomic E-state index is -1.78. The molecule has 1 N–H and O–H groups in total. The Labute approximate surface area is 177 Å². The van der Waals surface area contributed by atoms with Gasteiger partial charge in [0, 0.05) is 36.5 Å². The number of para-hydroxylation sites is 1. The molecule has 1 saturated carbocycles. The molecular formula is C23H25N5O2. The highest BCUT2D eigenvalue weighted by Gasteiger charge is 2.58. The van der Waals surface area contributed by atoms with Gasteiger partial charge in [-0.3, -0.25) is 4.90 Å². The summed E-state index contributed by atoms with van der Waals surface area (Å²) in [5, 5.41) is 38.9. The van der Waals surface area contributed by atoms with Gasteiger partial charge in [0.25, 0.3) is 0 Å². The third kappa shape index (κ3) is 3.02. The number of methoxy groups -OCH3 is 2. The van der Waals surface area contributed by atoms with Crippen LogP contribution >= 0.6 is 0 Å². The zero-order valence-corrected chi connectivity index (χ0v) is 17.6. The fourth-order valence-corrected chi connectivity index (χ4v) is 4.75. The van der Waals surface area contributed by atoms with Crippen LogP contribution in [-0.2, 0) is 0 Å². The molecular weight excluding hydrogens is 378 g/mol. The highest BCUT2D eigenvalue weighted by molar-refractivity contribution is 6.01. The number of nitriles is 3. The van der Waals surface area contributed by atoms with Gasteiger partial charge in [0.2, 0.25) is 0 Å². The molecule has 0 radical (unpaired) electrons. The third-order valence-electron chi connectivity index (χ3n) is 6.32. The number of nitrogens with one attached hydrogen (secondary N) is 1. The van der Waals surface area contributed by atoms with E-state index in [9.17, 15) is 15.8 Å². The average molecular weight is 403 g/mol. The summed E-state index contributed by atoms with van der Waals surface area (Å²) in [6.07, 6.45) is 1.99. The standard InChI is InChI=1S/C23H25N5O2/c1-14(2)28-9-8-15-17(10-24)22(27)23(12-25,13-26)20(18(15)11-28)16-6-5-7-19(29-3)21(16)30-4/h5-8,14,17-18,20,27H,9,11H2,1-4H3/t17?,18-,20+/m0/s1. The molecule has 1 aliphatic heterocycles. The number of ether oxygens (including phenoxy) is 2. The maximum Gasteiger partial charge on any atom is 0.189 e. The van der Waals surface area contributed by atoms with Crippen molar-refractivity contribution < 1.29 is 9.47 Å². The van der Waals surface area contributed by atoms with Gasteiger partial charge in [-0.25, -0.2) is 0 Å². The summed E-state index contributed by atoms with van der Waals surface area (Å²) >= 11 is 0. The molecule has 30 heavy (non-hydrogen) atoms. The van der Waals surface area contributed by atoms with Gasteiger partial charge in [0.05, 0.1) is 38.1 Å². The Kier molecular flexibility index (Phi) is 5.83. The average Bonchev–Trinajstić information content (AvgIpc) is 2.77. The zero-order chi connectivity index (χ0) is 22.1. The molecule has 1 heterocycles. The van der Waals surface area contributed by atoms with Crippen molar-refractivity contribution in [2.24, 2.45) is 17.3 Å². The Morgan fingerprint density at radius 2 is 1.87 bits per heavy atom. The normalized spacial score (nSPS) is 25.3. The fourth-order valence-electron chi connectivity index (χ4n) is 4.75. The van der Waals surface area contributed by atoms with Crippen LogP contribution in [0.15, 0.2) is 29.8 Å². The van der Waals surface area contributed by atoms with E-state index in [1.807, 2.05) is 12.1 Å². The van der Waals surface area contributed by atoms with Gasteiger partial charge in [0.1, 0.15) is 5.92 Å². The van der Waals surface area contributed by atoms with Crippen molar-refractivity contribution in [1.29, 1.82) is 21.2 Å². The molecule has 0 bridgehead atoms. The molecule has 2 aliphatic rings. The summed E-state index contributed by atoms with van der Waals surface area (Å²) < 4.78 is 11.1. The van der Waals surface area contributed by atoms with Crippen LogP contribution in [0, 0.1) is 56.7 Å². The van der Waals surface area contributed by atoms with Crippen molar-refractivity contribution in [2.45, 2.75) is 25.8 Å². The van der Waals surface area contributed by atoms with Crippen LogP contribution in [-0.4, -0.2) is 44.0 Å². The Hall–Kier alpha value is -3.34. The van der Waals surface area contributed by atoms with E-state index in [-0.39, 0.29) is 17.7 Å². The van der Waals surface area contributed by atoms with Crippen LogP contribution in [0.2, 0.25) is 0 Å². The SMILES string of the molecule is COc1cccc([C@@H]2[C@H]3CN(C(C)C)CC=C3C(C#N)C(=N)C2(C#N)C#N)c1OC. The predicted molar refractivity (Wildman–Crippen MR) is 111 cm³/mol. The van der Waals surface area contributed by atoms with Crippen LogP contribution < -0.4 is 9.47 Å². The van der Waals surface area contributed by atoms with Crippen LogP contribution in [0.4, 0.5) is 0 Å². The number of hydrogen-bond acceptors (Lipinski definition) is 7. The molecule has 1 aromatic carbocycles. The molecule has 0 amide bonds. The van der Waals surface area contributed by atoms with Crippen LogP contribution in [0.1, 0.15) is 25.3 Å². The van der Waals surface area contributed by atoms with E-state index in [1.165, 1.54) is 14.2 Å². The molecule has 7 heteroatoms. The van der Waals surface area contributed by atoms with Gasteiger partial charge < -0.3 is 14.9 Å². The van der Waals surface area contributed by atoms with Gasteiger partial charge in [-0.2, -0.15) is 15.8 Å². The Morgan fingerprint density at radius 3 is 2.40 bits per heavy atom. The molecule has 3 rings (SSSR count). The number of nitrogens with zero attached hydrogens (tertiary/aromatic N) is 4. The lowest BCUT2D eigenvalue weighted by Crippen LogP contribution is -2.53. The monoisotopic (exact) mass is 403 g/mol. The van der Waals surface area contributed by atoms with E-state index >= 15 is 0 Å². The van der Waals surface area contributed by atoms with Gasteiger partial charge in [-0.15, -0.1) is 0 Å². The van der Waals surface area contributed by atoms with E-state index in [4.69, 9.17) is 14.9 Å². The summed E-state index contributed by atoms with van der Waals surface area (Å²) in [5.74, 6) is -0.876. The molecule has 3 atom stereocenters. The molecule has 7 nitrogen and oxygen atoms in total. The van der Waals surface area contributed by atoms with Gasteiger partial charge in [0.15, 0.2) is 16.9 Å². The number of fused-ring (bicyclic) bond motifs is 1. The zero-order valence-electron chi connectivity index (χ0n) is 17.6. The number of hydrogen-bond donors (Lipinski definition) is 1. The predicted octanol–water partition coefficient (Wildman–Crippen LogP) is 3.26. The highest BCUT2D eigenvalue weighted by atomic mass is 16.5. The maximum absolute atomic E-state index is 10.2. The molecule has 1 fully saturated rings. The smallest absolute Gasteiger partial charge is 0.189 e. The highest BCUT2D eigenvalue weighted by Crippen LogP contribution is 2.56. The number of benzene rings is 1. The second-order valence-electron chi connectivity index (χ2n) is 7.93. The summed E-state index contributed by atoms with van der Waals surface area (Å²) in [6, 6.07) is 12.0. The van der Waals surface area contributed by atoms with Crippen molar-refractivity contribution in [3.8, 4) is 29.7 Å². The lowest BCUT2D eigenvalue weighted by molar-refractivity contribution is 0.170. The first-order valence-electron chi connectivity index (χ1n) is 9.86. The minimum Gasteiger partial charge on any atom is -0.493 e. The van der Waals surface area contributed by atoms with Crippen LogP contribution in [0.3, 0.4) is 0 Å². The topological polar surface area (TPSA) is 117 Å². The molecule has 0 spiro atoms. The second kappa shape index (κ2) is 8.19. The maximum atomic E-state index is 10.2.